The lowest BCUT2D eigenvalue weighted by Crippen LogP contribution is -2.39. The maximum absolute atomic E-state index is 12.6. The summed E-state index contributed by atoms with van der Waals surface area (Å²) in [5.41, 5.74) is 2.42. The van der Waals surface area contributed by atoms with Gasteiger partial charge >= 0.3 is 11.6 Å². The lowest BCUT2D eigenvalue weighted by atomic mass is 9.95. The Kier molecular flexibility index (Phi) is 7.24. The minimum atomic E-state index is -3.95. The highest BCUT2D eigenvalue weighted by Gasteiger charge is 2.23. The van der Waals surface area contributed by atoms with Gasteiger partial charge in [0.05, 0.1) is 12.0 Å². The Morgan fingerprint density at radius 2 is 1.76 bits per heavy atom. The van der Waals surface area contributed by atoms with Crippen molar-refractivity contribution in [3.8, 4) is 5.75 Å². The first-order valence-corrected chi connectivity index (χ1v) is 11.9. The van der Waals surface area contributed by atoms with Gasteiger partial charge in [-0.15, -0.1) is 0 Å². The molecule has 3 aromatic rings. The molecule has 0 saturated heterocycles. The van der Waals surface area contributed by atoms with Crippen molar-refractivity contribution in [3.63, 3.8) is 0 Å². The molecule has 33 heavy (non-hydrogen) atoms. The molecule has 1 heterocycles. The molecule has 3 rings (SSSR count). The number of nitrogens with one attached hydrogen (secondary N) is 1. The average Bonchev–Trinajstić information content (AvgIpc) is 2.76. The second-order valence-electron chi connectivity index (χ2n) is 8.08. The van der Waals surface area contributed by atoms with E-state index in [0.717, 1.165) is 11.1 Å². The number of fused-ring (bicyclic) bond motifs is 1. The second kappa shape index (κ2) is 9.76. The molecule has 0 aliphatic rings. The van der Waals surface area contributed by atoms with Crippen LogP contribution in [0.2, 0.25) is 0 Å². The number of carbonyl (C=O) groups excluding carboxylic acids is 1. The summed E-state index contributed by atoms with van der Waals surface area (Å²) in [5, 5.41) is 0.670. The minimum absolute atomic E-state index is 0.00815. The van der Waals surface area contributed by atoms with Gasteiger partial charge in [-0.25, -0.2) is 13.2 Å². The van der Waals surface area contributed by atoms with Crippen molar-refractivity contribution in [3.05, 3.63) is 69.6 Å². The quantitative estimate of drug-likeness (QED) is 0.393. The van der Waals surface area contributed by atoms with Gasteiger partial charge in [0.1, 0.15) is 24.0 Å². The van der Waals surface area contributed by atoms with Crippen molar-refractivity contribution < 1.29 is 27.1 Å². The number of aryl methyl sites for hydroxylation is 1. The molecule has 0 spiro atoms. The first-order valence-electron chi connectivity index (χ1n) is 10.4. The van der Waals surface area contributed by atoms with Crippen LogP contribution in [-0.2, 0) is 26.2 Å². The Morgan fingerprint density at radius 3 is 2.36 bits per heavy atom. The highest BCUT2D eigenvalue weighted by atomic mass is 32.2. The van der Waals surface area contributed by atoms with E-state index in [2.05, 4.69) is 18.6 Å². The maximum atomic E-state index is 12.6. The molecule has 0 bridgehead atoms. The average molecular weight is 474 g/mol. The first kappa shape index (κ1) is 24.5. The molecule has 1 N–H and O–H groups in total. The molecule has 0 unspecified atom stereocenters. The third kappa shape index (κ3) is 5.61. The van der Waals surface area contributed by atoms with E-state index in [0.29, 0.717) is 22.3 Å². The van der Waals surface area contributed by atoms with Crippen molar-refractivity contribution in [1.82, 2.24) is 4.72 Å². The fourth-order valence-electron chi connectivity index (χ4n) is 3.51. The number of hydrogen-bond donors (Lipinski definition) is 1. The summed E-state index contributed by atoms with van der Waals surface area (Å²) in [4.78, 5) is 24.5. The van der Waals surface area contributed by atoms with Crippen LogP contribution < -0.4 is 15.1 Å². The molecule has 2 aromatic carbocycles. The van der Waals surface area contributed by atoms with Gasteiger partial charge in [-0.1, -0.05) is 13.8 Å². The van der Waals surface area contributed by atoms with Crippen LogP contribution in [0.5, 0.6) is 5.75 Å². The van der Waals surface area contributed by atoms with Crippen LogP contribution in [0.4, 0.5) is 0 Å². The number of rotatable bonds is 8. The van der Waals surface area contributed by atoms with E-state index in [1.165, 1.54) is 44.4 Å². The summed E-state index contributed by atoms with van der Waals surface area (Å²) in [6, 6.07) is 9.64. The summed E-state index contributed by atoms with van der Waals surface area (Å²) >= 11 is 0. The normalized spacial score (nSPS) is 12.7. The van der Waals surface area contributed by atoms with Crippen molar-refractivity contribution in [2.75, 3.05) is 7.11 Å². The number of esters is 1. The van der Waals surface area contributed by atoms with E-state index >= 15 is 0 Å². The molecule has 0 radical (unpaired) electrons. The van der Waals surface area contributed by atoms with Crippen LogP contribution in [0.3, 0.4) is 0 Å². The third-order valence-corrected chi connectivity index (χ3v) is 6.82. The fraction of sp³-hybridized carbons (Fsp3) is 0.333. The zero-order valence-corrected chi connectivity index (χ0v) is 20.0. The molecule has 0 amide bonds. The van der Waals surface area contributed by atoms with Crippen molar-refractivity contribution >= 4 is 27.0 Å². The Labute approximate surface area is 192 Å². The van der Waals surface area contributed by atoms with Crippen molar-refractivity contribution in [2.45, 2.75) is 51.2 Å². The van der Waals surface area contributed by atoms with Gasteiger partial charge in [-0.2, -0.15) is 4.72 Å². The van der Waals surface area contributed by atoms with Gasteiger partial charge in [0.2, 0.25) is 10.0 Å². The van der Waals surface area contributed by atoms with Crippen LogP contribution in [0.15, 0.2) is 56.6 Å². The molecular formula is C24H27NO7S. The molecule has 8 nitrogen and oxygen atoms in total. The molecular weight excluding hydrogens is 446 g/mol. The van der Waals surface area contributed by atoms with Crippen LogP contribution in [0.25, 0.3) is 11.0 Å². The van der Waals surface area contributed by atoms with E-state index in [4.69, 9.17) is 13.9 Å². The lowest BCUT2D eigenvalue weighted by Gasteiger charge is -2.15. The number of sulfonamides is 1. The third-order valence-electron chi connectivity index (χ3n) is 5.26. The number of benzene rings is 2. The molecule has 0 fully saturated rings. The topological polar surface area (TPSA) is 112 Å². The van der Waals surface area contributed by atoms with Gasteiger partial charge in [-0.05, 0) is 67.3 Å². The molecule has 1 atom stereocenters. The van der Waals surface area contributed by atoms with E-state index in [9.17, 15) is 18.0 Å². The smallest absolute Gasteiger partial charge is 0.336 e. The predicted octanol–water partition coefficient (Wildman–Crippen LogP) is 3.64. The predicted molar refractivity (Wildman–Crippen MR) is 124 cm³/mol. The molecule has 9 heteroatoms. The Hall–Kier alpha value is -3.17. The van der Waals surface area contributed by atoms with Gasteiger partial charge in [0, 0.05) is 17.0 Å². The van der Waals surface area contributed by atoms with Crippen LogP contribution in [-0.4, -0.2) is 27.5 Å². The Bertz CT molecular complexity index is 1330. The fourth-order valence-corrected chi connectivity index (χ4v) is 4.70. The van der Waals surface area contributed by atoms with E-state index in [-0.39, 0.29) is 17.4 Å². The number of ether oxygens (including phenoxy) is 2. The maximum Gasteiger partial charge on any atom is 0.336 e. The summed E-state index contributed by atoms with van der Waals surface area (Å²) in [7, 11) is -2.47. The summed E-state index contributed by atoms with van der Waals surface area (Å²) < 4.78 is 43.1. The Morgan fingerprint density at radius 1 is 1.09 bits per heavy atom. The minimum Gasteiger partial charge on any atom is -0.497 e. The molecule has 176 valence electrons. The Balaban J connectivity index is 1.77. The summed E-state index contributed by atoms with van der Waals surface area (Å²) in [6.07, 6.45) is 0. The van der Waals surface area contributed by atoms with Gasteiger partial charge in [0.25, 0.3) is 0 Å². The number of methoxy groups -OCH3 is 1. The monoisotopic (exact) mass is 473 g/mol. The van der Waals surface area contributed by atoms with Gasteiger partial charge in [-0.3, -0.25) is 4.79 Å². The largest absolute Gasteiger partial charge is 0.497 e. The SMILES string of the molecule is COc1ccc(S(=O)(=O)N[C@@H](C)C(=O)OCc2cc(=O)oc3cc(C)c(C(C)C)cc23)cc1. The summed E-state index contributed by atoms with van der Waals surface area (Å²) in [6.45, 7) is 7.25. The zero-order chi connectivity index (χ0) is 24.3. The molecule has 1 aromatic heterocycles. The first-order chi connectivity index (χ1) is 15.5. The second-order valence-corrected chi connectivity index (χ2v) is 9.79. The number of carbonyl (C=O) groups is 1. The lowest BCUT2D eigenvalue weighted by molar-refractivity contribution is -0.146. The number of hydrogen-bond acceptors (Lipinski definition) is 7. The van der Waals surface area contributed by atoms with E-state index in [1.54, 1.807) is 6.07 Å². The van der Waals surface area contributed by atoms with E-state index in [1.807, 2.05) is 13.0 Å². The summed E-state index contributed by atoms with van der Waals surface area (Å²) in [5.74, 6) is -0.00873. The van der Waals surface area contributed by atoms with Crippen LogP contribution in [0, 0.1) is 6.92 Å². The molecule has 0 aliphatic heterocycles. The van der Waals surface area contributed by atoms with Crippen LogP contribution >= 0.6 is 0 Å². The van der Waals surface area contributed by atoms with Crippen LogP contribution in [0.1, 0.15) is 43.4 Å². The molecule has 0 aliphatic carbocycles. The highest BCUT2D eigenvalue weighted by Crippen LogP contribution is 2.27. The van der Waals surface area contributed by atoms with Gasteiger partial charge < -0.3 is 13.9 Å². The zero-order valence-electron chi connectivity index (χ0n) is 19.2. The highest BCUT2D eigenvalue weighted by molar-refractivity contribution is 7.89. The molecule has 0 saturated carbocycles. The van der Waals surface area contributed by atoms with Crippen molar-refractivity contribution in [2.24, 2.45) is 0 Å². The van der Waals surface area contributed by atoms with Crippen molar-refractivity contribution in [1.29, 1.82) is 0 Å². The van der Waals surface area contributed by atoms with Gasteiger partial charge in [0.15, 0.2) is 0 Å². The standard InChI is InChI=1S/C24H27NO7S/c1-14(2)20-12-21-17(11-23(26)32-22(21)10-15(20)3)13-31-24(27)16(4)25-33(28,29)19-8-6-18(30-5)7-9-19/h6-12,14,16,25H,13H2,1-5H3/t16-/m0/s1. The van der Waals surface area contributed by atoms with E-state index < -0.39 is 27.7 Å².